The highest BCUT2D eigenvalue weighted by molar-refractivity contribution is 9.10. The van der Waals surface area contributed by atoms with E-state index in [0.29, 0.717) is 30.2 Å². The van der Waals surface area contributed by atoms with Crippen molar-refractivity contribution in [1.29, 1.82) is 0 Å². The number of ether oxygens (including phenoxy) is 2. The highest BCUT2D eigenvalue weighted by atomic mass is 79.9. The van der Waals surface area contributed by atoms with Gasteiger partial charge in [-0.05, 0) is 30.3 Å². The number of benzene rings is 2. The van der Waals surface area contributed by atoms with E-state index in [9.17, 15) is 4.79 Å². The maximum atomic E-state index is 11.9. The predicted octanol–water partition coefficient (Wildman–Crippen LogP) is 3.62. The summed E-state index contributed by atoms with van der Waals surface area (Å²) in [4.78, 5) is 11.9. The second-order valence-electron chi connectivity index (χ2n) is 4.80. The van der Waals surface area contributed by atoms with E-state index >= 15 is 0 Å². The molecule has 0 unspecified atom stereocenters. The Morgan fingerprint density at radius 3 is 2.82 bits per heavy atom. The van der Waals surface area contributed by atoms with E-state index in [1.165, 1.54) is 0 Å². The van der Waals surface area contributed by atoms with Gasteiger partial charge in [0.15, 0.2) is 11.5 Å². The zero-order valence-electron chi connectivity index (χ0n) is 11.8. The molecule has 114 valence electrons. The Bertz CT molecular complexity index is 691. The monoisotopic (exact) mass is 362 g/mol. The van der Waals surface area contributed by atoms with Crippen molar-refractivity contribution in [1.82, 2.24) is 0 Å². The first kappa shape index (κ1) is 14.7. The molecule has 5 nitrogen and oxygen atoms in total. The summed E-state index contributed by atoms with van der Waals surface area (Å²) < 4.78 is 11.5. The topological polar surface area (TPSA) is 59.6 Å². The number of fused-ring (bicyclic) bond motifs is 1. The average Bonchev–Trinajstić information content (AvgIpc) is 2.95. The normalized spacial score (nSPS) is 12.0. The van der Waals surface area contributed by atoms with E-state index in [1.54, 1.807) is 18.2 Å². The molecule has 2 N–H and O–H groups in total. The molecule has 0 fully saturated rings. The number of hydrogen-bond acceptors (Lipinski definition) is 4. The van der Waals surface area contributed by atoms with Crippen LogP contribution in [-0.4, -0.2) is 19.2 Å². The molecule has 0 radical (unpaired) electrons. The van der Waals surface area contributed by atoms with Crippen LogP contribution in [0.5, 0.6) is 11.5 Å². The van der Waals surface area contributed by atoms with Gasteiger partial charge >= 0.3 is 0 Å². The van der Waals surface area contributed by atoms with Crippen LogP contribution in [0, 0.1) is 0 Å². The van der Waals surface area contributed by atoms with Crippen molar-refractivity contribution >= 4 is 33.2 Å². The molecular weight excluding hydrogens is 348 g/mol. The molecule has 0 atom stereocenters. The van der Waals surface area contributed by atoms with Crippen molar-refractivity contribution in [3.8, 4) is 11.5 Å². The molecule has 0 spiro atoms. The van der Waals surface area contributed by atoms with Gasteiger partial charge < -0.3 is 20.1 Å². The number of hydrogen-bond donors (Lipinski definition) is 2. The molecule has 1 aliphatic rings. The lowest BCUT2D eigenvalue weighted by Gasteiger charge is -2.08. The summed E-state index contributed by atoms with van der Waals surface area (Å²) in [7, 11) is 0. The molecule has 3 rings (SSSR count). The third-order valence-corrected chi connectivity index (χ3v) is 3.66. The van der Waals surface area contributed by atoms with Crippen LogP contribution >= 0.6 is 15.9 Å². The molecule has 0 aromatic heterocycles. The minimum absolute atomic E-state index is 0.0543. The summed E-state index contributed by atoms with van der Waals surface area (Å²) >= 11 is 3.41. The summed E-state index contributed by atoms with van der Waals surface area (Å²) in [5, 5.41) is 6.05. The number of anilines is 2. The molecule has 1 heterocycles. The highest BCUT2D eigenvalue weighted by Gasteiger charge is 2.13. The van der Waals surface area contributed by atoms with E-state index in [0.717, 1.165) is 10.2 Å². The first-order valence-electron chi connectivity index (χ1n) is 6.90. The largest absolute Gasteiger partial charge is 0.454 e. The van der Waals surface area contributed by atoms with E-state index in [4.69, 9.17) is 9.47 Å². The molecular formula is C16H15BrN2O3. The number of carbonyl (C=O) groups excluding carboxylic acids is 1. The van der Waals surface area contributed by atoms with Gasteiger partial charge in [-0.3, -0.25) is 4.79 Å². The van der Waals surface area contributed by atoms with Crippen LogP contribution in [0.4, 0.5) is 11.4 Å². The fraction of sp³-hybridized carbons (Fsp3) is 0.188. The van der Waals surface area contributed by atoms with Crippen molar-refractivity contribution in [2.24, 2.45) is 0 Å². The van der Waals surface area contributed by atoms with Crippen molar-refractivity contribution < 1.29 is 14.3 Å². The van der Waals surface area contributed by atoms with Crippen LogP contribution in [0.15, 0.2) is 46.9 Å². The fourth-order valence-electron chi connectivity index (χ4n) is 2.12. The Morgan fingerprint density at radius 1 is 1.09 bits per heavy atom. The van der Waals surface area contributed by atoms with Gasteiger partial charge in [0.2, 0.25) is 12.7 Å². The first-order valence-corrected chi connectivity index (χ1v) is 7.69. The average molecular weight is 363 g/mol. The van der Waals surface area contributed by atoms with Gasteiger partial charge in [0.05, 0.1) is 0 Å². The minimum atomic E-state index is -0.0543. The third kappa shape index (κ3) is 3.71. The van der Waals surface area contributed by atoms with Crippen LogP contribution in [-0.2, 0) is 4.79 Å². The Labute approximate surface area is 136 Å². The number of halogens is 1. The van der Waals surface area contributed by atoms with Gasteiger partial charge in [-0.2, -0.15) is 0 Å². The first-order chi connectivity index (χ1) is 10.7. The molecule has 22 heavy (non-hydrogen) atoms. The highest BCUT2D eigenvalue weighted by Crippen LogP contribution is 2.34. The van der Waals surface area contributed by atoms with E-state index in [-0.39, 0.29) is 12.7 Å². The second-order valence-corrected chi connectivity index (χ2v) is 5.72. The lowest BCUT2D eigenvalue weighted by atomic mass is 10.2. The Morgan fingerprint density at radius 2 is 1.95 bits per heavy atom. The summed E-state index contributed by atoms with van der Waals surface area (Å²) in [6.07, 6.45) is 0.376. The van der Waals surface area contributed by atoms with Crippen LogP contribution in [0.1, 0.15) is 6.42 Å². The quantitative estimate of drug-likeness (QED) is 0.852. The van der Waals surface area contributed by atoms with Crippen LogP contribution in [0.25, 0.3) is 0 Å². The van der Waals surface area contributed by atoms with Gasteiger partial charge in [-0.25, -0.2) is 0 Å². The van der Waals surface area contributed by atoms with E-state index in [2.05, 4.69) is 26.6 Å². The molecule has 0 bridgehead atoms. The zero-order valence-corrected chi connectivity index (χ0v) is 13.4. The summed E-state index contributed by atoms with van der Waals surface area (Å²) in [5.74, 6) is 1.31. The van der Waals surface area contributed by atoms with Crippen molar-refractivity contribution in [3.05, 3.63) is 46.9 Å². The smallest absolute Gasteiger partial charge is 0.231 e. The number of amides is 1. The van der Waals surface area contributed by atoms with Crippen LogP contribution in [0.3, 0.4) is 0 Å². The number of carbonyl (C=O) groups is 1. The molecule has 1 amide bonds. The maximum absolute atomic E-state index is 11.9. The molecule has 2 aromatic carbocycles. The SMILES string of the molecule is O=C(CCNc1cccc(Br)c1)Nc1ccc2c(c1)OCO2. The third-order valence-electron chi connectivity index (χ3n) is 3.16. The van der Waals surface area contributed by atoms with Crippen LogP contribution < -0.4 is 20.1 Å². The van der Waals surface area contributed by atoms with Crippen molar-refractivity contribution in [3.63, 3.8) is 0 Å². The standard InChI is InChI=1S/C16H15BrN2O3/c17-11-2-1-3-12(8-11)18-7-6-16(20)19-13-4-5-14-15(9-13)22-10-21-14/h1-5,8-9,18H,6-7,10H2,(H,19,20). The Balaban J connectivity index is 1.48. The molecule has 0 saturated carbocycles. The Kier molecular flexibility index (Phi) is 4.48. The van der Waals surface area contributed by atoms with Gasteiger partial charge in [0, 0.05) is 34.9 Å². The molecule has 6 heteroatoms. The second kappa shape index (κ2) is 6.70. The molecule has 0 aliphatic carbocycles. The minimum Gasteiger partial charge on any atom is -0.454 e. The number of rotatable bonds is 5. The molecule has 2 aromatic rings. The summed E-state index contributed by atoms with van der Waals surface area (Å²) in [5.41, 5.74) is 1.68. The van der Waals surface area contributed by atoms with Gasteiger partial charge in [-0.15, -0.1) is 0 Å². The van der Waals surface area contributed by atoms with Crippen molar-refractivity contribution in [2.75, 3.05) is 24.0 Å². The zero-order chi connectivity index (χ0) is 15.4. The van der Waals surface area contributed by atoms with E-state index in [1.807, 2.05) is 24.3 Å². The van der Waals surface area contributed by atoms with Gasteiger partial charge in [0.1, 0.15) is 0 Å². The van der Waals surface area contributed by atoms with Crippen molar-refractivity contribution in [2.45, 2.75) is 6.42 Å². The lowest BCUT2D eigenvalue weighted by Crippen LogP contribution is -2.16. The maximum Gasteiger partial charge on any atom is 0.231 e. The lowest BCUT2D eigenvalue weighted by molar-refractivity contribution is -0.115. The fourth-order valence-corrected chi connectivity index (χ4v) is 2.52. The van der Waals surface area contributed by atoms with Gasteiger partial charge in [0.25, 0.3) is 0 Å². The summed E-state index contributed by atoms with van der Waals surface area (Å²) in [6, 6.07) is 13.2. The Hall–Kier alpha value is -2.21. The predicted molar refractivity (Wildman–Crippen MR) is 88.4 cm³/mol. The number of nitrogens with one attached hydrogen (secondary N) is 2. The van der Waals surface area contributed by atoms with E-state index < -0.39 is 0 Å². The molecule has 1 aliphatic heterocycles. The summed E-state index contributed by atoms with van der Waals surface area (Å²) in [6.45, 7) is 0.788. The van der Waals surface area contributed by atoms with Crippen LogP contribution in [0.2, 0.25) is 0 Å². The van der Waals surface area contributed by atoms with Gasteiger partial charge in [-0.1, -0.05) is 22.0 Å². The molecule has 0 saturated heterocycles.